The molecule has 0 aliphatic heterocycles. The molecular weight excluding hydrogens is 488 g/mol. The van der Waals surface area contributed by atoms with Crippen LogP contribution >= 0.6 is 27.5 Å². The smallest absolute Gasteiger partial charge is 0.243 e. The van der Waals surface area contributed by atoms with Crippen LogP contribution in [0.15, 0.2) is 83.3 Å². The summed E-state index contributed by atoms with van der Waals surface area (Å²) in [6.07, 6.45) is 0.628. The van der Waals surface area contributed by atoms with Crippen LogP contribution in [0.4, 0.5) is 0 Å². The first-order valence-electron chi connectivity index (χ1n) is 10.6. The fourth-order valence-electron chi connectivity index (χ4n) is 3.56. The number of amides is 2. The van der Waals surface area contributed by atoms with Gasteiger partial charge in [0.2, 0.25) is 11.8 Å². The Hall–Kier alpha value is -2.63. The molecule has 0 unspecified atom stereocenters. The van der Waals surface area contributed by atoms with Gasteiger partial charge in [-0.05, 0) is 47.9 Å². The van der Waals surface area contributed by atoms with Crippen LogP contribution in [0.1, 0.15) is 23.6 Å². The van der Waals surface area contributed by atoms with Crippen molar-refractivity contribution in [3.8, 4) is 0 Å². The Morgan fingerprint density at radius 2 is 1.62 bits per heavy atom. The first-order chi connectivity index (χ1) is 15.5. The second kappa shape index (κ2) is 11.8. The summed E-state index contributed by atoms with van der Waals surface area (Å²) >= 11 is 9.50. The van der Waals surface area contributed by atoms with Crippen LogP contribution in [0.2, 0.25) is 5.02 Å². The Morgan fingerprint density at radius 1 is 0.938 bits per heavy atom. The van der Waals surface area contributed by atoms with Gasteiger partial charge in [0.15, 0.2) is 0 Å². The summed E-state index contributed by atoms with van der Waals surface area (Å²) in [4.78, 5) is 28.3. The van der Waals surface area contributed by atoms with Crippen molar-refractivity contribution in [3.63, 3.8) is 0 Å². The molecule has 3 aromatic rings. The second-order valence-corrected chi connectivity index (χ2v) is 8.91. The van der Waals surface area contributed by atoms with Crippen LogP contribution in [0.25, 0.3) is 0 Å². The van der Waals surface area contributed by atoms with Crippen molar-refractivity contribution in [1.82, 2.24) is 10.2 Å². The molecule has 1 N–H and O–H groups in total. The molecule has 0 saturated heterocycles. The van der Waals surface area contributed by atoms with E-state index in [4.69, 9.17) is 11.6 Å². The number of carbonyl (C=O) groups excluding carboxylic acids is 2. The maximum atomic E-state index is 13.5. The van der Waals surface area contributed by atoms with Crippen molar-refractivity contribution in [3.05, 3.63) is 105 Å². The number of nitrogens with zero attached hydrogens (tertiary/aromatic N) is 1. The third-order valence-corrected chi connectivity index (χ3v) is 5.88. The number of likely N-dealkylation sites (N-methyl/N-ethyl adjacent to an activating group) is 1. The van der Waals surface area contributed by atoms with Crippen molar-refractivity contribution >= 4 is 39.3 Å². The van der Waals surface area contributed by atoms with Gasteiger partial charge in [0.25, 0.3) is 0 Å². The van der Waals surface area contributed by atoms with Crippen LogP contribution < -0.4 is 5.32 Å². The van der Waals surface area contributed by atoms with Crippen LogP contribution in [-0.2, 0) is 29.0 Å². The van der Waals surface area contributed by atoms with Crippen molar-refractivity contribution in [2.75, 3.05) is 6.54 Å². The van der Waals surface area contributed by atoms with E-state index in [1.165, 1.54) is 0 Å². The van der Waals surface area contributed by atoms with Crippen LogP contribution in [0.5, 0.6) is 0 Å². The zero-order valence-electron chi connectivity index (χ0n) is 17.9. The van der Waals surface area contributed by atoms with Crippen molar-refractivity contribution in [1.29, 1.82) is 0 Å². The zero-order valence-corrected chi connectivity index (χ0v) is 20.3. The Kier molecular flexibility index (Phi) is 8.89. The Morgan fingerprint density at radius 3 is 2.28 bits per heavy atom. The number of benzene rings is 3. The van der Waals surface area contributed by atoms with Crippen molar-refractivity contribution in [2.24, 2.45) is 0 Å². The molecule has 2 amide bonds. The summed E-state index contributed by atoms with van der Waals surface area (Å²) in [5.74, 6) is -0.268. The topological polar surface area (TPSA) is 49.4 Å². The molecule has 3 aromatic carbocycles. The van der Waals surface area contributed by atoms with Gasteiger partial charge in [0, 0.05) is 29.0 Å². The van der Waals surface area contributed by atoms with Gasteiger partial charge in [-0.25, -0.2) is 0 Å². The maximum absolute atomic E-state index is 13.5. The summed E-state index contributed by atoms with van der Waals surface area (Å²) in [7, 11) is 0. The molecule has 1 atom stereocenters. The summed E-state index contributed by atoms with van der Waals surface area (Å²) in [5.41, 5.74) is 2.81. The molecule has 0 radical (unpaired) electrons. The number of rotatable bonds is 9. The lowest BCUT2D eigenvalue weighted by Gasteiger charge is -2.31. The van der Waals surface area contributed by atoms with Gasteiger partial charge in [-0.3, -0.25) is 9.59 Å². The fourth-order valence-corrected chi connectivity index (χ4v) is 4.13. The zero-order chi connectivity index (χ0) is 22.9. The number of hydrogen-bond donors (Lipinski definition) is 1. The van der Waals surface area contributed by atoms with Gasteiger partial charge in [-0.15, -0.1) is 0 Å². The number of nitrogens with one attached hydrogen (secondary N) is 1. The molecule has 0 aliphatic rings. The minimum Gasteiger partial charge on any atom is -0.355 e. The third-order valence-electron chi connectivity index (χ3n) is 5.13. The summed E-state index contributed by atoms with van der Waals surface area (Å²) in [6, 6.07) is 24.2. The van der Waals surface area contributed by atoms with E-state index in [2.05, 4.69) is 21.2 Å². The second-order valence-electron chi connectivity index (χ2n) is 7.55. The van der Waals surface area contributed by atoms with Crippen molar-refractivity contribution in [2.45, 2.75) is 32.4 Å². The molecule has 0 aromatic heterocycles. The predicted octanol–water partition coefficient (Wildman–Crippen LogP) is 5.42. The Bertz CT molecular complexity index is 1040. The predicted molar refractivity (Wildman–Crippen MR) is 132 cm³/mol. The van der Waals surface area contributed by atoms with E-state index in [0.29, 0.717) is 24.5 Å². The van der Waals surface area contributed by atoms with E-state index < -0.39 is 6.04 Å². The van der Waals surface area contributed by atoms with Gasteiger partial charge in [-0.2, -0.15) is 0 Å². The summed E-state index contributed by atoms with van der Waals surface area (Å²) in [5, 5.41) is 3.53. The Balaban J connectivity index is 1.94. The number of carbonyl (C=O) groups is 2. The highest BCUT2D eigenvalue weighted by Crippen LogP contribution is 2.19. The molecule has 32 heavy (non-hydrogen) atoms. The standard InChI is InChI=1S/C26H26BrClN2O2/c1-2-29-26(32)24(16-19-7-4-3-5-8-19)30(18-21-9-6-10-22(27)15-21)25(31)17-20-11-13-23(28)14-12-20/h3-15,24H,2,16-18H2,1H3,(H,29,32)/t24-/m0/s1. The molecule has 0 saturated carbocycles. The first kappa shape index (κ1) is 24.0. The molecule has 6 heteroatoms. The average Bonchev–Trinajstić information content (AvgIpc) is 2.78. The highest BCUT2D eigenvalue weighted by atomic mass is 79.9. The molecule has 0 aliphatic carbocycles. The van der Waals surface area contributed by atoms with Crippen molar-refractivity contribution < 1.29 is 9.59 Å². The molecule has 4 nitrogen and oxygen atoms in total. The molecule has 0 heterocycles. The molecule has 166 valence electrons. The lowest BCUT2D eigenvalue weighted by molar-refractivity contribution is -0.140. The lowest BCUT2D eigenvalue weighted by Crippen LogP contribution is -2.50. The molecule has 0 fully saturated rings. The van der Waals surface area contributed by atoms with Gasteiger partial charge in [0.1, 0.15) is 6.04 Å². The van der Waals surface area contributed by atoms with E-state index in [9.17, 15) is 9.59 Å². The number of hydrogen-bond acceptors (Lipinski definition) is 2. The highest BCUT2D eigenvalue weighted by molar-refractivity contribution is 9.10. The largest absolute Gasteiger partial charge is 0.355 e. The van der Waals surface area contributed by atoms with Gasteiger partial charge in [-0.1, -0.05) is 82.1 Å². The molecule has 3 rings (SSSR count). The minimum absolute atomic E-state index is 0.112. The molecule has 0 spiro atoms. The minimum atomic E-state index is -0.629. The van der Waals surface area contributed by atoms with E-state index in [1.54, 1.807) is 17.0 Å². The van der Waals surface area contributed by atoms with Gasteiger partial charge in [0.05, 0.1) is 6.42 Å². The van der Waals surface area contributed by atoms with E-state index in [-0.39, 0.29) is 18.2 Å². The quantitative estimate of drug-likeness (QED) is 0.415. The monoisotopic (exact) mass is 512 g/mol. The first-order valence-corrected chi connectivity index (χ1v) is 11.7. The normalized spacial score (nSPS) is 11.6. The summed E-state index contributed by atoms with van der Waals surface area (Å²) < 4.78 is 0.928. The average molecular weight is 514 g/mol. The fraction of sp³-hybridized carbons (Fsp3) is 0.231. The SMILES string of the molecule is CCNC(=O)[C@H](Cc1ccccc1)N(Cc1cccc(Br)c1)C(=O)Cc1ccc(Cl)cc1. The third kappa shape index (κ3) is 6.94. The Labute approximate surface area is 202 Å². The van der Waals surface area contributed by atoms with E-state index >= 15 is 0 Å². The molecular formula is C26H26BrClN2O2. The van der Waals surface area contributed by atoms with Crippen LogP contribution in [0.3, 0.4) is 0 Å². The van der Waals surface area contributed by atoms with Crippen LogP contribution in [-0.4, -0.2) is 29.3 Å². The highest BCUT2D eigenvalue weighted by Gasteiger charge is 2.30. The summed E-state index contributed by atoms with van der Waals surface area (Å²) in [6.45, 7) is 2.71. The lowest BCUT2D eigenvalue weighted by atomic mass is 10.0. The van der Waals surface area contributed by atoms with E-state index in [1.807, 2.05) is 73.7 Å². The maximum Gasteiger partial charge on any atom is 0.243 e. The van der Waals surface area contributed by atoms with Crippen LogP contribution in [0, 0.1) is 0 Å². The van der Waals surface area contributed by atoms with Gasteiger partial charge >= 0.3 is 0 Å². The number of halogens is 2. The van der Waals surface area contributed by atoms with Gasteiger partial charge < -0.3 is 10.2 Å². The molecule has 0 bridgehead atoms. The van der Waals surface area contributed by atoms with E-state index in [0.717, 1.165) is 21.2 Å².